The van der Waals surface area contributed by atoms with Crippen molar-refractivity contribution in [3.63, 3.8) is 0 Å². The fourth-order valence-corrected chi connectivity index (χ4v) is 5.25. The van der Waals surface area contributed by atoms with Gasteiger partial charge in [-0.1, -0.05) is 43.0 Å². The molecule has 0 N–H and O–H groups in total. The number of para-hydroxylation sites is 2. The standard InChI is InChI=1S/C18H13F5N2O.C18H11F5N2O/c2*1-9-5-3-4-6-15(9)25-17(26)12-8-14(20)13(19)7-11(12)16(24-25)10(2)18(21,22)23/h3-8,10H,1-2H3;3-8H,2H2,1H3. The van der Waals surface area contributed by atoms with Crippen LogP contribution in [0, 0.1) is 37.1 Å². The third-order valence-electron chi connectivity index (χ3n) is 8.12. The molecular weight excluding hydrogens is 710 g/mol. The summed E-state index contributed by atoms with van der Waals surface area (Å²) >= 11 is 0. The van der Waals surface area contributed by atoms with E-state index in [1.165, 1.54) is 12.1 Å². The van der Waals surface area contributed by atoms with Gasteiger partial charge >= 0.3 is 12.4 Å². The summed E-state index contributed by atoms with van der Waals surface area (Å²) in [5.74, 6) is -7.47. The average Bonchev–Trinajstić information content (AvgIpc) is 3.07. The molecule has 2 heterocycles. The van der Waals surface area contributed by atoms with Crippen LogP contribution in [0.15, 0.2) is 89.0 Å². The number of halogens is 10. The number of hydrogen-bond donors (Lipinski definition) is 0. The molecule has 2 aromatic heterocycles. The zero-order valence-electron chi connectivity index (χ0n) is 27.1. The molecule has 6 rings (SSSR count). The van der Waals surface area contributed by atoms with Crippen molar-refractivity contribution >= 4 is 27.1 Å². The molecular formula is C36H24F10N4O2. The van der Waals surface area contributed by atoms with Crippen LogP contribution in [0.5, 0.6) is 0 Å². The largest absolute Gasteiger partial charge is 0.417 e. The Morgan fingerprint density at radius 3 is 1.44 bits per heavy atom. The van der Waals surface area contributed by atoms with Gasteiger partial charge in [0.2, 0.25) is 0 Å². The average molecular weight is 735 g/mol. The van der Waals surface area contributed by atoms with Gasteiger partial charge in [-0.3, -0.25) is 9.59 Å². The Morgan fingerprint density at radius 1 is 0.635 bits per heavy atom. The molecule has 0 aliphatic rings. The van der Waals surface area contributed by atoms with Crippen molar-refractivity contribution in [2.24, 2.45) is 0 Å². The molecule has 0 spiro atoms. The number of allylic oxidation sites excluding steroid dienone is 1. The van der Waals surface area contributed by atoms with Gasteiger partial charge < -0.3 is 0 Å². The van der Waals surface area contributed by atoms with Gasteiger partial charge in [-0.2, -0.15) is 45.9 Å². The Hall–Kier alpha value is -5.80. The van der Waals surface area contributed by atoms with Crippen LogP contribution < -0.4 is 11.1 Å². The van der Waals surface area contributed by atoms with E-state index in [4.69, 9.17) is 0 Å². The highest BCUT2D eigenvalue weighted by Crippen LogP contribution is 2.37. The van der Waals surface area contributed by atoms with E-state index in [2.05, 4.69) is 16.8 Å². The molecule has 6 aromatic rings. The third kappa shape index (κ3) is 7.05. The quantitative estimate of drug-likeness (QED) is 0.170. The number of benzene rings is 4. The lowest BCUT2D eigenvalue weighted by Crippen LogP contribution is -2.28. The summed E-state index contributed by atoms with van der Waals surface area (Å²) in [5.41, 5.74) is -2.71. The van der Waals surface area contributed by atoms with E-state index in [9.17, 15) is 53.5 Å². The molecule has 4 aromatic carbocycles. The lowest BCUT2D eigenvalue weighted by molar-refractivity contribution is -0.147. The number of hydrogen-bond acceptors (Lipinski definition) is 4. The second-order valence-corrected chi connectivity index (χ2v) is 11.6. The van der Waals surface area contributed by atoms with Crippen molar-refractivity contribution in [1.82, 2.24) is 19.6 Å². The molecule has 52 heavy (non-hydrogen) atoms. The minimum absolute atomic E-state index is 0.223. The fourth-order valence-electron chi connectivity index (χ4n) is 5.25. The van der Waals surface area contributed by atoms with Gasteiger partial charge in [0.15, 0.2) is 23.3 Å². The Balaban J connectivity index is 0.000000201. The maximum atomic E-state index is 13.6. The zero-order valence-corrected chi connectivity index (χ0v) is 27.1. The smallest absolute Gasteiger partial charge is 0.267 e. The predicted octanol–water partition coefficient (Wildman–Crippen LogP) is 9.19. The van der Waals surface area contributed by atoms with Gasteiger partial charge in [0.05, 0.1) is 39.3 Å². The molecule has 270 valence electrons. The number of rotatable bonds is 4. The zero-order chi connectivity index (χ0) is 38.4. The Morgan fingerprint density at radius 2 is 1.02 bits per heavy atom. The first-order valence-electron chi connectivity index (χ1n) is 15.0. The van der Waals surface area contributed by atoms with Crippen molar-refractivity contribution in [1.29, 1.82) is 0 Å². The van der Waals surface area contributed by atoms with Crippen LogP contribution in [0.25, 0.3) is 38.5 Å². The second-order valence-electron chi connectivity index (χ2n) is 11.6. The minimum Gasteiger partial charge on any atom is -0.267 e. The van der Waals surface area contributed by atoms with Gasteiger partial charge in [-0.05, 0) is 68.3 Å². The van der Waals surface area contributed by atoms with Crippen LogP contribution in [0.3, 0.4) is 0 Å². The van der Waals surface area contributed by atoms with Gasteiger partial charge in [0.1, 0.15) is 5.69 Å². The van der Waals surface area contributed by atoms with E-state index in [0.717, 1.165) is 16.3 Å². The predicted molar refractivity (Wildman–Crippen MR) is 174 cm³/mol. The van der Waals surface area contributed by atoms with Gasteiger partial charge in [0.25, 0.3) is 11.1 Å². The lowest BCUT2D eigenvalue weighted by Gasteiger charge is -2.19. The van der Waals surface area contributed by atoms with E-state index in [0.29, 0.717) is 35.4 Å². The molecule has 0 saturated carbocycles. The monoisotopic (exact) mass is 734 g/mol. The summed E-state index contributed by atoms with van der Waals surface area (Å²) in [7, 11) is 0. The van der Waals surface area contributed by atoms with E-state index >= 15 is 0 Å². The molecule has 0 fully saturated rings. The molecule has 16 heteroatoms. The lowest BCUT2D eigenvalue weighted by atomic mass is 10.0. The summed E-state index contributed by atoms with van der Waals surface area (Å²) < 4.78 is 135. The van der Waals surface area contributed by atoms with Gasteiger partial charge in [0, 0.05) is 10.8 Å². The number of fused-ring (bicyclic) bond motifs is 2. The molecule has 1 atom stereocenters. The molecule has 0 amide bonds. The van der Waals surface area contributed by atoms with E-state index in [1.54, 1.807) is 50.2 Å². The van der Waals surface area contributed by atoms with Crippen molar-refractivity contribution < 1.29 is 43.9 Å². The number of aryl methyl sites for hydroxylation is 2. The summed E-state index contributed by atoms with van der Waals surface area (Å²) in [6.07, 6.45) is -9.53. The van der Waals surface area contributed by atoms with Crippen LogP contribution >= 0.6 is 0 Å². The first-order valence-corrected chi connectivity index (χ1v) is 15.0. The summed E-state index contributed by atoms with van der Waals surface area (Å²) in [6.45, 7) is 7.12. The van der Waals surface area contributed by atoms with Crippen LogP contribution in [0.1, 0.15) is 35.4 Å². The third-order valence-corrected chi connectivity index (χ3v) is 8.12. The maximum Gasteiger partial charge on any atom is 0.417 e. The molecule has 0 bridgehead atoms. The highest BCUT2D eigenvalue weighted by atomic mass is 19.4. The second kappa shape index (κ2) is 13.7. The Labute approximate surface area is 286 Å². The van der Waals surface area contributed by atoms with Crippen molar-refractivity contribution in [3.8, 4) is 11.4 Å². The highest BCUT2D eigenvalue weighted by molar-refractivity contribution is 5.92. The fraction of sp³-hybridized carbons (Fsp3) is 0.167. The summed E-state index contributed by atoms with van der Waals surface area (Å²) in [4.78, 5) is 25.4. The molecule has 0 aliphatic carbocycles. The maximum absolute atomic E-state index is 13.6. The van der Waals surface area contributed by atoms with Crippen molar-refractivity contribution in [2.75, 3.05) is 0 Å². The van der Waals surface area contributed by atoms with Crippen LogP contribution in [0.2, 0.25) is 0 Å². The van der Waals surface area contributed by atoms with E-state index in [1.807, 2.05) is 0 Å². The molecule has 0 saturated heterocycles. The van der Waals surface area contributed by atoms with Crippen molar-refractivity contribution in [3.05, 3.63) is 146 Å². The molecule has 0 radical (unpaired) electrons. The van der Waals surface area contributed by atoms with Gasteiger partial charge in [-0.25, -0.2) is 17.6 Å². The summed E-state index contributed by atoms with van der Waals surface area (Å²) in [5, 5.41) is 6.02. The Bertz CT molecular complexity index is 2500. The van der Waals surface area contributed by atoms with Crippen LogP contribution in [-0.4, -0.2) is 31.9 Å². The SMILES string of the molecule is C=C(c1nn(-c2ccccc2C)c(=O)c2cc(F)c(F)cc12)C(F)(F)F.Cc1ccccc1-n1nc(C(C)C(F)(F)F)c2cc(F)c(F)cc2c1=O. The number of nitrogens with zero attached hydrogens (tertiary/aromatic N) is 4. The molecule has 6 nitrogen and oxygen atoms in total. The van der Waals surface area contributed by atoms with E-state index in [-0.39, 0.29) is 22.1 Å². The highest BCUT2D eigenvalue weighted by Gasteiger charge is 2.40. The van der Waals surface area contributed by atoms with Crippen LogP contribution in [0.4, 0.5) is 43.9 Å². The Kier molecular flexibility index (Phi) is 9.89. The summed E-state index contributed by atoms with van der Waals surface area (Å²) in [6, 6.07) is 15.1. The van der Waals surface area contributed by atoms with Gasteiger partial charge in [-0.15, -0.1) is 0 Å². The van der Waals surface area contributed by atoms with E-state index < -0.39 is 80.4 Å². The normalized spacial score (nSPS) is 12.5. The number of alkyl halides is 6. The molecule has 1 unspecified atom stereocenters. The first kappa shape index (κ1) is 37.5. The van der Waals surface area contributed by atoms with Crippen LogP contribution in [-0.2, 0) is 0 Å². The van der Waals surface area contributed by atoms with Crippen molar-refractivity contribution in [2.45, 2.75) is 39.0 Å². The minimum atomic E-state index is -4.86. The first-order chi connectivity index (χ1) is 24.2. The number of aromatic nitrogens is 4. The molecule has 0 aliphatic heterocycles. The topological polar surface area (TPSA) is 69.8 Å².